The van der Waals surface area contributed by atoms with Gasteiger partial charge in [0.15, 0.2) is 5.13 Å². The Kier molecular flexibility index (Phi) is 6.81. The molecule has 4 rings (SSSR count). The lowest BCUT2D eigenvalue weighted by atomic mass is 10.2. The number of nitrogens with zero attached hydrogens (tertiary/aromatic N) is 3. The zero-order chi connectivity index (χ0) is 23.2. The van der Waals surface area contributed by atoms with Gasteiger partial charge in [-0.25, -0.2) is 19.7 Å². The van der Waals surface area contributed by atoms with Crippen molar-refractivity contribution in [2.45, 2.75) is 6.92 Å². The first-order valence-corrected chi connectivity index (χ1v) is 10.9. The molecular formula is C22H23N7O3S. The Morgan fingerprint density at radius 1 is 1.09 bits per heavy atom. The maximum absolute atomic E-state index is 12.5. The Labute approximate surface area is 194 Å². The van der Waals surface area contributed by atoms with Crippen molar-refractivity contribution in [1.29, 1.82) is 0 Å². The van der Waals surface area contributed by atoms with Crippen LogP contribution in [0.25, 0.3) is 10.2 Å². The highest BCUT2D eigenvalue weighted by atomic mass is 32.1. The quantitative estimate of drug-likeness (QED) is 0.262. The lowest BCUT2D eigenvalue weighted by Crippen LogP contribution is -2.19. The fraction of sp³-hybridized carbons (Fsp3) is 0.182. The van der Waals surface area contributed by atoms with Crippen LogP contribution in [0.1, 0.15) is 5.56 Å². The molecule has 0 atom stereocenters. The fourth-order valence-electron chi connectivity index (χ4n) is 3.08. The highest BCUT2D eigenvalue weighted by Crippen LogP contribution is 2.30. The minimum Gasteiger partial charge on any atom is -0.495 e. The molecule has 33 heavy (non-hydrogen) atoms. The number of carbonyl (C=O) groups excluding carboxylic acids is 1. The number of hydrogen-bond acceptors (Lipinski definition) is 9. The number of amides is 2. The topological polar surface area (TPSA) is 133 Å². The molecule has 10 nitrogen and oxygen atoms in total. The molecule has 170 valence electrons. The van der Waals surface area contributed by atoms with Crippen LogP contribution in [0.15, 0.2) is 48.8 Å². The second kappa shape index (κ2) is 10.1. The lowest BCUT2D eigenvalue weighted by molar-refractivity contribution is 0.262. The second-order valence-corrected chi connectivity index (χ2v) is 8.08. The Morgan fingerprint density at radius 3 is 2.76 bits per heavy atom. The molecule has 0 unspecified atom stereocenters. The smallest absolute Gasteiger partial charge is 0.325 e. The number of hydrogen-bond donors (Lipinski definition) is 5. The van der Waals surface area contributed by atoms with E-state index in [-0.39, 0.29) is 6.61 Å². The standard InChI is InChI=1S/C22H23N7O3S/c1-13-3-6-17(32-2)16(9-13)27-21(31)29-22-28-15-5-4-14(10-18(15)33-22)26-20-11-19(23-7-8-30)24-12-25-20/h3-6,9-12,30H,7-8H2,1-2H3,(H2,23,24,25,26)(H2,27,28,29,31). The third-order valence-corrected chi connectivity index (χ3v) is 5.50. The van der Waals surface area contributed by atoms with Crippen molar-refractivity contribution < 1.29 is 14.6 Å². The maximum Gasteiger partial charge on any atom is 0.325 e. The number of aromatic nitrogens is 3. The molecule has 0 bridgehead atoms. The van der Waals surface area contributed by atoms with Crippen molar-refractivity contribution in [3.05, 3.63) is 54.4 Å². The number of nitrogens with one attached hydrogen (secondary N) is 4. The van der Waals surface area contributed by atoms with Crippen molar-refractivity contribution in [2.24, 2.45) is 0 Å². The van der Waals surface area contributed by atoms with Crippen LogP contribution in [0, 0.1) is 6.92 Å². The van der Waals surface area contributed by atoms with E-state index in [1.165, 1.54) is 17.7 Å². The number of benzene rings is 2. The van der Waals surface area contributed by atoms with Gasteiger partial charge in [-0.1, -0.05) is 17.4 Å². The second-order valence-electron chi connectivity index (χ2n) is 7.05. The minimum absolute atomic E-state index is 0.0156. The Bertz CT molecular complexity index is 1280. The minimum atomic E-state index is -0.403. The van der Waals surface area contributed by atoms with Crippen molar-refractivity contribution in [3.63, 3.8) is 0 Å². The summed E-state index contributed by atoms with van der Waals surface area (Å²) >= 11 is 1.36. The summed E-state index contributed by atoms with van der Waals surface area (Å²) in [6.45, 7) is 2.36. The normalized spacial score (nSPS) is 10.6. The number of aliphatic hydroxyl groups excluding tert-OH is 1. The van der Waals surface area contributed by atoms with Crippen LogP contribution < -0.4 is 26.0 Å². The van der Waals surface area contributed by atoms with Crippen LogP contribution >= 0.6 is 11.3 Å². The van der Waals surface area contributed by atoms with Crippen LogP contribution in [-0.2, 0) is 0 Å². The molecule has 0 aliphatic carbocycles. The van der Waals surface area contributed by atoms with Crippen molar-refractivity contribution in [3.8, 4) is 5.75 Å². The van der Waals surface area contributed by atoms with Gasteiger partial charge in [-0.2, -0.15) is 0 Å². The summed E-state index contributed by atoms with van der Waals surface area (Å²) in [5.41, 5.74) is 3.17. The summed E-state index contributed by atoms with van der Waals surface area (Å²) in [5, 5.41) is 21.2. The molecule has 2 heterocycles. The highest BCUT2D eigenvalue weighted by molar-refractivity contribution is 7.22. The molecule has 0 saturated heterocycles. The Balaban J connectivity index is 1.45. The molecule has 0 spiro atoms. The number of rotatable bonds is 8. The SMILES string of the molecule is COc1ccc(C)cc1NC(=O)Nc1nc2ccc(Nc3cc(NCCO)ncn3)cc2s1. The van der Waals surface area contributed by atoms with E-state index in [0.717, 1.165) is 21.5 Å². The summed E-state index contributed by atoms with van der Waals surface area (Å²) in [6, 6.07) is 12.6. The van der Waals surface area contributed by atoms with Crippen molar-refractivity contribution >= 4 is 55.7 Å². The summed E-state index contributed by atoms with van der Waals surface area (Å²) in [4.78, 5) is 25.3. The number of urea groups is 1. The third kappa shape index (κ3) is 5.64. The molecule has 0 saturated carbocycles. The van der Waals surface area contributed by atoms with Crippen LogP contribution in [-0.4, -0.2) is 46.4 Å². The predicted octanol–water partition coefficient (Wildman–Crippen LogP) is 4.20. The average Bonchev–Trinajstić information content (AvgIpc) is 3.19. The van der Waals surface area contributed by atoms with E-state index in [1.807, 2.05) is 37.3 Å². The van der Waals surface area contributed by atoms with Gasteiger partial charge >= 0.3 is 6.03 Å². The molecule has 0 radical (unpaired) electrons. The summed E-state index contributed by atoms with van der Waals surface area (Å²) in [5.74, 6) is 1.80. The van der Waals surface area contributed by atoms with E-state index in [1.54, 1.807) is 19.2 Å². The number of aliphatic hydroxyl groups is 1. The van der Waals surface area contributed by atoms with E-state index in [0.29, 0.717) is 34.7 Å². The van der Waals surface area contributed by atoms with Gasteiger partial charge in [-0.05, 0) is 42.8 Å². The zero-order valence-electron chi connectivity index (χ0n) is 18.0. The number of ether oxygens (including phenoxy) is 1. The number of fused-ring (bicyclic) bond motifs is 1. The molecule has 0 aliphatic rings. The molecule has 0 fully saturated rings. The molecule has 5 N–H and O–H groups in total. The summed E-state index contributed by atoms with van der Waals surface area (Å²) in [6.07, 6.45) is 1.44. The van der Waals surface area contributed by atoms with Gasteiger partial charge in [-0.15, -0.1) is 0 Å². The molecular weight excluding hydrogens is 442 g/mol. The van der Waals surface area contributed by atoms with Crippen LogP contribution in [0.3, 0.4) is 0 Å². The van der Waals surface area contributed by atoms with Gasteiger partial charge in [0, 0.05) is 18.3 Å². The van der Waals surface area contributed by atoms with E-state index in [4.69, 9.17) is 9.84 Å². The number of anilines is 5. The van der Waals surface area contributed by atoms with Crippen molar-refractivity contribution in [1.82, 2.24) is 15.0 Å². The highest BCUT2D eigenvalue weighted by Gasteiger charge is 2.11. The van der Waals surface area contributed by atoms with Gasteiger partial charge in [0.05, 0.1) is 29.6 Å². The fourth-order valence-corrected chi connectivity index (χ4v) is 3.98. The Hall–Kier alpha value is -3.96. The first kappa shape index (κ1) is 22.2. The third-order valence-electron chi connectivity index (χ3n) is 4.57. The lowest BCUT2D eigenvalue weighted by Gasteiger charge is -2.10. The monoisotopic (exact) mass is 465 g/mol. The largest absolute Gasteiger partial charge is 0.495 e. The number of aryl methyl sites for hydroxylation is 1. The van der Waals surface area contributed by atoms with Gasteiger partial charge in [-0.3, -0.25) is 5.32 Å². The van der Waals surface area contributed by atoms with E-state index >= 15 is 0 Å². The van der Waals surface area contributed by atoms with Gasteiger partial charge < -0.3 is 25.8 Å². The molecule has 2 aromatic heterocycles. The van der Waals surface area contributed by atoms with Crippen LogP contribution in [0.4, 0.5) is 32.9 Å². The van der Waals surface area contributed by atoms with Gasteiger partial charge in [0.2, 0.25) is 0 Å². The predicted molar refractivity (Wildman–Crippen MR) is 131 cm³/mol. The summed E-state index contributed by atoms with van der Waals surface area (Å²) < 4.78 is 6.20. The number of methoxy groups -OCH3 is 1. The molecule has 2 aromatic carbocycles. The molecule has 0 aliphatic heterocycles. The van der Waals surface area contributed by atoms with E-state index in [2.05, 4.69) is 36.2 Å². The van der Waals surface area contributed by atoms with Gasteiger partial charge in [0.25, 0.3) is 0 Å². The Morgan fingerprint density at radius 2 is 1.94 bits per heavy atom. The van der Waals surface area contributed by atoms with E-state index in [9.17, 15) is 4.79 Å². The number of thiazole rings is 1. The summed E-state index contributed by atoms with van der Waals surface area (Å²) in [7, 11) is 1.56. The van der Waals surface area contributed by atoms with Crippen molar-refractivity contribution in [2.75, 3.05) is 41.5 Å². The maximum atomic E-state index is 12.5. The molecule has 11 heteroatoms. The average molecular weight is 466 g/mol. The number of carbonyl (C=O) groups is 1. The van der Waals surface area contributed by atoms with Gasteiger partial charge in [0.1, 0.15) is 23.7 Å². The first-order valence-electron chi connectivity index (χ1n) is 10.1. The van der Waals surface area contributed by atoms with E-state index < -0.39 is 6.03 Å². The van der Waals surface area contributed by atoms with Crippen LogP contribution in [0.5, 0.6) is 5.75 Å². The molecule has 2 amide bonds. The zero-order valence-corrected chi connectivity index (χ0v) is 18.9. The molecule has 4 aromatic rings. The first-order chi connectivity index (χ1) is 16.0. The van der Waals surface area contributed by atoms with Crippen LogP contribution in [0.2, 0.25) is 0 Å².